The van der Waals surface area contributed by atoms with Gasteiger partial charge in [-0.1, -0.05) is 13.3 Å². The summed E-state index contributed by atoms with van der Waals surface area (Å²) < 4.78 is 51.0. The van der Waals surface area contributed by atoms with E-state index in [9.17, 15) is 18.0 Å². The number of fused-ring (bicyclic) bond motifs is 2. The number of alkyl carbamates (subject to hydrolysis) is 1. The lowest BCUT2D eigenvalue weighted by Gasteiger charge is -2.29. The van der Waals surface area contributed by atoms with Gasteiger partial charge in [0.05, 0.1) is 25.6 Å². The molecule has 0 atom stereocenters. The van der Waals surface area contributed by atoms with E-state index in [1.807, 2.05) is 11.0 Å². The molecule has 1 amide bonds. The maximum atomic E-state index is 13.2. The Morgan fingerprint density at radius 3 is 2.82 bits per heavy atom. The summed E-state index contributed by atoms with van der Waals surface area (Å²) in [6, 6.07) is 2.21. The molecule has 0 radical (unpaired) electrons. The molecule has 1 aliphatic heterocycles. The predicted octanol–water partition coefficient (Wildman–Crippen LogP) is 3.40. The normalized spacial score (nSPS) is 13.7. The van der Waals surface area contributed by atoms with E-state index in [1.54, 1.807) is 11.3 Å². The van der Waals surface area contributed by atoms with Gasteiger partial charge in [-0.15, -0.1) is 21.5 Å². The van der Waals surface area contributed by atoms with Crippen molar-refractivity contribution in [3.63, 3.8) is 0 Å². The molecule has 1 aliphatic rings. The third kappa shape index (κ3) is 5.16. The van der Waals surface area contributed by atoms with Crippen LogP contribution in [-0.2, 0) is 30.4 Å². The zero-order valence-corrected chi connectivity index (χ0v) is 19.5. The number of alkyl halides is 3. The summed E-state index contributed by atoms with van der Waals surface area (Å²) in [6.45, 7) is 3.25. The average molecular weight is 500 g/mol. The highest BCUT2D eigenvalue weighted by atomic mass is 32.1. The van der Waals surface area contributed by atoms with Crippen LogP contribution in [0.3, 0.4) is 0 Å². The first-order valence-corrected chi connectivity index (χ1v) is 11.6. The topological polar surface area (TPSA) is 107 Å². The summed E-state index contributed by atoms with van der Waals surface area (Å²) in [6.07, 6.45) is -2.70. The molecule has 3 aromatic heterocycles. The van der Waals surface area contributed by atoms with Crippen molar-refractivity contribution in [1.29, 1.82) is 0 Å². The van der Waals surface area contributed by atoms with E-state index < -0.39 is 18.1 Å². The first kappa shape index (κ1) is 24.0. The number of nitrogens with one attached hydrogen (secondary N) is 1. The number of hydrogen-bond acceptors (Lipinski definition) is 9. The van der Waals surface area contributed by atoms with Crippen LogP contribution in [0.1, 0.15) is 36.3 Å². The number of hydrogen-bond donors (Lipinski definition) is 1. The Bertz CT molecular complexity index is 1160. The molecule has 0 aliphatic carbocycles. The zero-order chi connectivity index (χ0) is 24.3. The number of carbonyl (C=O) groups excluding carboxylic acids is 1. The molecule has 0 aromatic carbocycles. The van der Waals surface area contributed by atoms with E-state index in [1.165, 1.54) is 7.11 Å². The Morgan fingerprint density at radius 2 is 2.09 bits per heavy atom. The molecular weight excluding hydrogens is 475 g/mol. The van der Waals surface area contributed by atoms with Gasteiger partial charge < -0.3 is 24.3 Å². The molecule has 14 heteroatoms. The molecule has 4 rings (SSSR count). The molecular formula is C20H24F3N7O3S. The maximum absolute atomic E-state index is 13.2. The van der Waals surface area contributed by atoms with Gasteiger partial charge in [-0.05, 0) is 18.9 Å². The Kier molecular flexibility index (Phi) is 7.05. The van der Waals surface area contributed by atoms with Gasteiger partial charge in [0, 0.05) is 24.5 Å². The Morgan fingerprint density at radius 1 is 1.26 bits per heavy atom. The SMILES string of the molecule is CCCc1cc2c(N3CCn4c(nnc4C(F)(F)F)C3)nc(OCCCNC(=O)OC)nc2s1. The number of ether oxygens (including phenoxy) is 2. The summed E-state index contributed by atoms with van der Waals surface area (Å²) >= 11 is 1.54. The lowest BCUT2D eigenvalue weighted by molar-refractivity contribution is -0.147. The highest BCUT2D eigenvalue weighted by molar-refractivity contribution is 7.18. The molecule has 184 valence electrons. The van der Waals surface area contributed by atoms with Crippen LogP contribution in [0.2, 0.25) is 0 Å². The molecule has 10 nitrogen and oxygen atoms in total. The van der Waals surface area contributed by atoms with Crippen LogP contribution in [0, 0.1) is 0 Å². The van der Waals surface area contributed by atoms with Gasteiger partial charge in [-0.3, -0.25) is 0 Å². The lowest BCUT2D eigenvalue weighted by Crippen LogP contribution is -2.36. The molecule has 3 aromatic rings. The van der Waals surface area contributed by atoms with Crippen LogP contribution in [0.4, 0.5) is 23.8 Å². The van der Waals surface area contributed by atoms with E-state index in [0.717, 1.165) is 32.5 Å². The van der Waals surface area contributed by atoms with Crippen molar-refractivity contribution in [2.24, 2.45) is 0 Å². The van der Waals surface area contributed by atoms with Crippen molar-refractivity contribution in [2.45, 2.75) is 45.5 Å². The van der Waals surface area contributed by atoms with E-state index >= 15 is 0 Å². The fraction of sp³-hybridized carbons (Fsp3) is 0.550. The molecule has 0 bridgehead atoms. The Hall–Kier alpha value is -3.16. The van der Waals surface area contributed by atoms with Crippen LogP contribution in [-0.4, -0.2) is 57.6 Å². The van der Waals surface area contributed by atoms with Crippen molar-refractivity contribution in [3.8, 4) is 6.01 Å². The van der Waals surface area contributed by atoms with Crippen molar-refractivity contribution in [2.75, 3.05) is 31.7 Å². The summed E-state index contributed by atoms with van der Waals surface area (Å²) in [5.74, 6) is -0.167. The largest absolute Gasteiger partial charge is 0.463 e. The molecule has 0 saturated heterocycles. The van der Waals surface area contributed by atoms with Crippen LogP contribution >= 0.6 is 11.3 Å². The smallest absolute Gasteiger partial charge is 0.451 e. The van der Waals surface area contributed by atoms with Crippen LogP contribution < -0.4 is 15.0 Å². The first-order chi connectivity index (χ1) is 16.3. The standard InChI is InChI=1S/C20H24F3N7O3S/c1-3-5-12-10-13-15(29-7-8-30-14(11-29)27-28-17(30)20(21,22)23)25-18(26-16(13)34-12)33-9-4-6-24-19(31)32-2/h10H,3-9,11H2,1-2H3,(H,24,31). The number of halogens is 3. The summed E-state index contributed by atoms with van der Waals surface area (Å²) in [7, 11) is 1.29. The van der Waals surface area contributed by atoms with Gasteiger partial charge in [0.1, 0.15) is 10.6 Å². The minimum absolute atomic E-state index is 0.0873. The van der Waals surface area contributed by atoms with Gasteiger partial charge in [0.2, 0.25) is 5.82 Å². The third-order valence-corrected chi connectivity index (χ3v) is 6.30. The fourth-order valence-corrected chi connectivity index (χ4v) is 4.77. The van der Waals surface area contributed by atoms with Crippen molar-refractivity contribution < 1.29 is 27.4 Å². The second-order valence-electron chi connectivity index (χ2n) is 7.64. The highest BCUT2D eigenvalue weighted by Gasteiger charge is 2.39. The number of aryl methyl sites for hydroxylation is 1. The molecule has 1 N–H and O–H groups in total. The van der Waals surface area contributed by atoms with Gasteiger partial charge >= 0.3 is 18.3 Å². The quantitative estimate of drug-likeness (QED) is 0.470. The molecule has 0 fully saturated rings. The Labute approximate surface area is 197 Å². The van der Waals surface area contributed by atoms with Crippen molar-refractivity contribution in [1.82, 2.24) is 30.0 Å². The van der Waals surface area contributed by atoms with Crippen LogP contribution in [0.5, 0.6) is 6.01 Å². The molecule has 0 spiro atoms. The minimum atomic E-state index is -4.55. The van der Waals surface area contributed by atoms with Gasteiger partial charge in [0.25, 0.3) is 0 Å². The van der Waals surface area contributed by atoms with E-state index in [2.05, 4.69) is 37.1 Å². The number of thiophene rings is 1. The zero-order valence-electron chi connectivity index (χ0n) is 18.7. The number of carbonyl (C=O) groups is 1. The van der Waals surface area contributed by atoms with E-state index in [0.29, 0.717) is 25.3 Å². The van der Waals surface area contributed by atoms with E-state index in [4.69, 9.17) is 4.74 Å². The van der Waals surface area contributed by atoms with Crippen LogP contribution in [0.15, 0.2) is 6.07 Å². The van der Waals surface area contributed by atoms with Crippen LogP contribution in [0.25, 0.3) is 10.2 Å². The highest BCUT2D eigenvalue weighted by Crippen LogP contribution is 2.35. The number of methoxy groups -OCH3 is 1. The monoisotopic (exact) mass is 499 g/mol. The number of aromatic nitrogens is 5. The van der Waals surface area contributed by atoms with Gasteiger partial charge in [-0.2, -0.15) is 23.1 Å². The second kappa shape index (κ2) is 9.99. The van der Waals surface area contributed by atoms with Gasteiger partial charge in [0.15, 0.2) is 5.82 Å². The lowest BCUT2D eigenvalue weighted by atomic mass is 10.2. The number of nitrogens with zero attached hydrogens (tertiary/aromatic N) is 6. The molecule has 34 heavy (non-hydrogen) atoms. The summed E-state index contributed by atoms with van der Waals surface area (Å²) in [5, 5.41) is 10.5. The number of rotatable bonds is 8. The summed E-state index contributed by atoms with van der Waals surface area (Å²) in [5.41, 5.74) is 0. The summed E-state index contributed by atoms with van der Waals surface area (Å²) in [4.78, 5) is 24.0. The van der Waals surface area contributed by atoms with E-state index in [-0.39, 0.29) is 31.5 Å². The number of amides is 1. The third-order valence-electron chi connectivity index (χ3n) is 5.21. The van der Waals surface area contributed by atoms with Crippen molar-refractivity contribution in [3.05, 3.63) is 22.6 Å². The fourth-order valence-electron chi connectivity index (χ4n) is 3.66. The second-order valence-corrected chi connectivity index (χ2v) is 8.76. The predicted molar refractivity (Wildman–Crippen MR) is 118 cm³/mol. The molecule has 0 saturated carbocycles. The molecule has 4 heterocycles. The number of anilines is 1. The Balaban J connectivity index is 1.56. The van der Waals surface area contributed by atoms with Crippen molar-refractivity contribution >= 4 is 33.5 Å². The van der Waals surface area contributed by atoms with Gasteiger partial charge in [-0.25, -0.2) is 4.79 Å². The first-order valence-electron chi connectivity index (χ1n) is 10.8. The minimum Gasteiger partial charge on any atom is -0.463 e. The average Bonchev–Trinajstić information content (AvgIpc) is 3.41. The maximum Gasteiger partial charge on any atom is 0.451 e. The molecule has 0 unspecified atom stereocenters.